The lowest BCUT2D eigenvalue weighted by atomic mass is 9.95. The van der Waals surface area contributed by atoms with Crippen LogP contribution in [0.4, 0.5) is 0 Å². The minimum Gasteiger partial charge on any atom is -0.198 e. The molecule has 0 fully saturated rings. The van der Waals surface area contributed by atoms with Crippen molar-refractivity contribution in [3.8, 4) is 6.07 Å². The van der Waals surface area contributed by atoms with Gasteiger partial charge in [-0.3, -0.25) is 0 Å². The minimum absolute atomic E-state index is 0.605. The molecule has 0 saturated heterocycles. The first-order valence-electron chi connectivity index (χ1n) is 4.11. The van der Waals surface area contributed by atoms with Crippen molar-refractivity contribution in [2.24, 2.45) is 0 Å². The molecule has 1 nitrogen and oxygen atoms in total. The second-order valence-electron chi connectivity index (χ2n) is 2.84. The Hall–Kier alpha value is -1.03. The van der Waals surface area contributed by atoms with Crippen LogP contribution in [0.5, 0.6) is 0 Å². The van der Waals surface area contributed by atoms with E-state index >= 15 is 0 Å². The molecule has 1 heteroatoms. The molecule has 0 aromatic carbocycles. The number of hydrogen-bond acceptors (Lipinski definition) is 1. The van der Waals surface area contributed by atoms with Gasteiger partial charge in [-0.25, -0.2) is 0 Å². The summed E-state index contributed by atoms with van der Waals surface area (Å²) in [7, 11) is 0. The molecule has 0 radical (unpaired) electrons. The Morgan fingerprint density at radius 1 is 1.36 bits per heavy atom. The summed E-state index contributed by atoms with van der Waals surface area (Å²) in [5, 5.41) is 8.43. The Kier molecular flexibility index (Phi) is 2.92. The number of nitriles is 1. The molecule has 0 unspecified atom stereocenters. The molecule has 1 rings (SSSR count). The Morgan fingerprint density at radius 3 is 2.45 bits per heavy atom. The highest BCUT2D eigenvalue weighted by Crippen LogP contribution is 2.21. The van der Waals surface area contributed by atoms with Crippen molar-refractivity contribution in [3.05, 3.63) is 23.3 Å². The normalized spacial score (nSPS) is 16.7. The lowest BCUT2D eigenvalue weighted by molar-refractivity contribution is 0.841. The summed E-state index contributed by atoms with van der Waals surface area (Å²) < 4.78 is 0. The fraction of sp³-hybridized carbons (Fsp3) is 0.500. The molecule has 0 saturated carbocycles. The van der Waals surface area contributed by atoms with Gasteiger partial charge in [-0.1, -0.05) is 30.2 Å². The standard InChI is InChI=1S/C10H13N/c1-2-9-3-5-10(6-4-9)7-8-11/h3,5H,2,4,6-7H2,1H3. The molecule has 0 bridgehead atoms. The van der Waals surface area contributed by atoms with Crippen LogP contribution in [-0.4, -0.2) is 0 Å². The highest BCUT2D eigenvalue weighted by atomic mass is 14.2. The van der Waals surface area contributed by atoms with E-state index in [4.69, 9.17) is 5.26 Å². The lowest BCUT2D eigenvalue weighted by Crippen LogP contribution is -1.91. The second kappa shape index (κ2) is 3.98. The topological polar surface area (TPSA) is 23.8 Å². The highest BCUT2D eigenvalue weighted by molar-refractivity contribution is 5.25. The van der Waals surface area contributed by atoms with Crippen LogP contribution in [0.1, 0.15) is 32.6 Å². The summed E-state index contributed by atoms with van der Waals surface area (Å²) in [4.78, 5) is 0. The zero-order valence-corrected chi connectivity index (χ0v) is 6.93. The van der Waals surface area contributed by atoms with Gasteiger partial charge in [0.15, 0.2) is 0 Å². The zero-order chi connectivity index (χ0) is 8.10. The van der Waals surface area contributed by atoms with Crippen LogP contribution in [0, 0.1) is 11.3 Å². The van der Waals surface area contributed by atoms with Gasteiger partial charge in [0.25, 0.3) is 0 Å². The fourth-order valence-corrected chi connectivity index (χ4v) is 1.27. The SMILES string of the molecule is CCC1=CC=C(CC#N)CC1. The summed E-state index contributed by atoms with van der Waals surface area (Å²) in [6, 6.07) is 2.17. The van der Waals surface area contributed by atoms with Gasteiger partial charge < -0.3 is 0 Å². The molecule has 0 N–H and O–H groups in total. The van der Waals surface area contributed by atoms with Crippen molar-refractivity contribution in [1.29, 1.82) is 5.26 Å². The van der Waals surface area contributed by atoms with E-state index in [1.165, 1.54) is 11.1 Å². The van der Waals surface area contributed by atoms with Crippen molar-refractivity contribution >= 4 is 0 Å². The predicted octanol–water partition coefficient (Wildman–Crippen LogP) is 2.96. The maximum atomic E-state index is 8.43. The van der Waals surface area contributed by atoms with E-state index < -0.39 is 0 Å². The van der Waals surface area contributed by atoms with Crippen molar-refractivity contribution < 1.29 is 0 Å². The van der Waals surface area contributed by atoms with Crippen LogP contribution < -0.4 is 0 Å². The molecule has 0 amide bonds. The summed E-state index contributed by atoms with van der Waals surface area (Å²) in [5.41, 5.74) is 2.79. The summed E-state index contributed by atoms with van der Waals surface area (Å²) in [6.45, 7) is 2.18. The Bertz CT molecular complexity index is 228. The first kappa shape index (κ1) is 8.07. The monoisotopic (exact) mass is 147 g/mol. The Balaban J connectivity index is 2.56. The molecule has 1 aliphatic carbocycles. The van der Waals surface area contributed by atoms with E-state index in [9.17, 15) is 0 Å². The van der Waals surface area contributed by atoms with Crippen molar-refractivity contribution in [2.75, 3.05) is 0 Å². The molecule has 0 atom stereocenters. The van der Waals surface area contributed by atoms with Gasteiger partial charge in [0, 0.05) is 0 Å². The zero-order valence-electron chi connectivity index (χ0n) is 6.93. The molecule has 0 aromatic heterocycles. The average Bonchev–Trinajstić information content (AvgIpc) is 2.07. The van der Waals surface area contributed by atoms with E-state index in [2.05, 4.69) is 25.1 Å². The number of hydrogen-bond donors (Lipinski definition) is 0. The van der Waals surface area contributed by atoms with Crippen molar-refractivity contribution in [2.45, 2.75) is 32.6 Å². The molecule has 0 aliphatic heterocycles. The maximum Gasteiger partial charge on any atom is 0.0666 e. The second-order valence-corrected chi connectivity index (χ2v) is 2.84. The number of nitrogens with zero attached hydrogens (tertiary/aromatic N) is 1. The van der Waals surface area contributed by atoms with Crippen molar-refractivity contribution in [3.63, 3.8) is 0 Å². The van der Waals surface area contributed by atoms with E-state index in [0.29, 0.717) is 6.42 Å². The van der Waals surface area contributed by atoms with Gasteiger partial charge in [-0.15, -0.1) is 0 Å². The maximum absolute atomic E-state index is 8.43. The van der Waals surface area contributed by atoms with Gasteiger partial charge in [-0.2, -0.15) is 5.26 Å². The predicted molar refractivity (Wildman–Crippen MR) is 45.9 cm³/mol. The van der Waals surface area contributed by atoms with Gasteiger partial charge in [0.1, 0.15) is 0 Å². The quantitative estimate of drug-likeness (QED) is 0.589. The minimum atomic E-state index is 0.605. The van der Waals surface area contributed by atoms with Gasteiger partial charge in [0.05, 0.1) is 12.5 Å². The average molecular weight is 147 g/mol. The molecule has 58 valence electrons. The molecular formula is C10H13N. The van der Waals surface area contributed by atoms with E-state index in [0.717, 1.165) is 19.3 Å². The van der Waals surface area contributed by atoms with Crippen LogP contribution in [-0.2, 0) is 0 Å². The summed E-state index contributed by atoms with van der Waals surface area (Å²) in [5.74, 6) is 0. The fourth-order valence-electron chi connectivity index (χ4n) is 1.27. The molecule has 0 spiro atoms. The van der Waals surface area contributed by atoms with Crippen LogP contribution in [0.3, 0.4) is 0 Å². The van der Waals surface area contributed by atoms with E-state index in [1.807, 2.05) is 0 Å². The number of allylic oxidation sites excluding steroid dienone is 4. The Labute approximate surface area is 68.0 Å². The third-order valence-electron chi connectivity index (χ3n) is 2.08. The highest BCUT2D eigenvalue weighted by Gasteiger charge is 2.03. The van der Waals surface area contributed by atoms with E-state index in [-0.39, 0.29) is 0 Å². The van der Waals surface area contributed by atoms with Crippen LogP contribution >= 0.6 is 0 Å². The van der Waals surface area contributed by atoms with Gasteiger partial charge in [0.2, 0.25) is 0 Å². The number of rotatable bonds is 2. The lowest BCUT2D eigenvalue weighted by Gasteiger charge is -2.10. The summed E-state index contributed by atoms with van der Waals surface area (Å²) in [6.07, 6.45) is 8.27. The van der Waals surface area contributed by atoms with E-state index in [1.54, 1.807) is 0 Å². The first-order valence-corrected chi connectivity index (χ1v) is 4.11. The molecule has 0 aromatic rings. The summed E-state index contributed by atoms with van der Waals surface area (Å²) >= 11 is 0. The van der Waals surface area contributed by atoms with Gasteiger partial charge in [-0.05, 0) is 19.3 Å². The molecular weight excluding hydrogens is 134 g/mol. The Morgan fingerprint density at radius 2 is 2.00 bits per heavy atom. The van der Waals surface area contributed by atoms with Crippen molar-refractivity contribution in [1.82, 2.24) is 0 Å². The third kappa shape index (κ3) is 2.23. The van der Waals surface area contributed by atoms with Crippen LogP contribution in [0.2, 0.25) is 0 Å². The molecule has 1 aliphatic rings. The van der Waals surface area contributed by atoms with Crippen LogP contribution in [0.15, 0.2) is 23.3 Å². The third-order valence-corrected chi connectivity index (χ3v) is 2.08. The first-order chi connectivity index (χ1) is 5.36. The van der Waals surface area contributed by atoms with Crippen LogP contribution in [0.25, 0.3) is 0 Å². The largest absolute Gasteiger partial charge is 0.198 e. The smallest absolute Gasteiger partial charge is 0.0666 e. The molecule has 0 heterocycles. The molecule has 11 heavy (non-hydrogen) atoms. The van der Waals surface area contributed by atoms with Gasteiger partial charge >= 0.3 is 0 Å².